The predicted octanol–water partition coefficient (Wildman–Crippen LogP) is 3.14. The molecule has 17 heavy (non-hydrogen) atoms. The third kappa shape index (κ3) is 4.14. The van der Waals surface area contributed by atoms with Crippen LogP contribution in [0.1, 0.15) is 37.7 Å². The van der Waals surface area contributed by atoms with Gasteiger partial charge in [0.2, 0.25) is 0 Å². The molecule has 2 nitrogen and oxygen atoms in total. The molecule has 0 heterocycles. The van der Waals surface area contributed by atoms with E-state index >= 15 is 0 Å². The fraction of sp³-hybridized carbons (Fsp3) is 0.600. The molecule has 1 saturated carbocycles. The van der Waals surface area contributed by atoms with Gasteiger partial charge in [0.1, 0.15) is 0 Å². The largest absolute Gasteiger partial charge is 0.368 e. The normalized spacial score (nSPS) is 19.1. The van der Waals surface area contributed by atoms with Crippen molar-refractivity contribution in [1.29, 1.82) is 0 Å². The Labute approximate surface area is 104 Å². The molecule has 2 heteroatoms. The molecule has 1 aromatic rings. The van der Waals surface area contributed by atoms with Gasteiger partial charge in [0.05, 0.1) is 6.61 Å². The SMILES string of the molecule is OC(OCCc1ccccc1)C1CCCCC1. The van der Waals surface area contributed by atoms with Crippen molar-refractivity contribution in [2.75, 3.05) is 6.61 Å². The van der Waals surface area contributed by atoms with E-state index in [0.717, 1.165) is 19.3 Å². The van der Waals surface area contributed by atoms with Crippen LogP contribution in [0.5, 0.6) is 0 Å². The lowest BCUT2D eigenvalue weighted by Gasteiger charge is -2.26. The summed E-state index contributed by atoms with van der Waals surface area (Å²) in [6, 6.07) is 10.3. The highest BCUT2D eigenvalue weighted by Gasteiger charge is 2.21. The minimum Gasteiger partial charge on any atom is -0.368 e. The van der Waals surface area contributed by atoms with Crippen molar-refractivity contribution < 1.29 is 9.84 Å². The van der Waals surface area contributed by atoms with Crippen LogP contribution in [-0.4, -0.2) is 18.0 Å². The van der Waals surface area contributed by atoms with Crippen molar-refractivity contribution in [1.82, 2.24) is 0 Å². The van der Waals surface area contributed by atoms with Gasteiger partial charge in [-0.15, -0.1) is 0 Å². The molecule has 1 atom stereocenters. The lowest BCUT2D eigenvalue weighted by atomic mass is 9.89. The summed E-state index contributed by atoms with van der Waals surface area (Å²) in [5.74, 6) is 0.361. The third-order valence-corrected chi connectivity index (χ3v) is 3.58. The van der Waals surface area contributed by atoms with Crippen molar-refractivity contribution in [2.24, 2.45) is 5.92 Å². The molecule has 0 amide bonds. The smallest absolute Gasteiger partial charge is 0.157 e. The average Bonchev–Trinajstić information content (AvgIpc) is 2.41. The Balaban J connectivity index is 1.67. The number of rotatable bonds is 5. The van der Waals surface area contributed by atoms with E-state index in [2.05, 4.69) is 12.1 Å². The standard InChI is InChI=1S/C15H22O2/c16-15(14-9-5-2-6-10-14)17-12-11-13-7-3-1-4-8-13/h1,3-4,7-8,14-16H,2,5-6,9-12H2. The van der Waals surface area contributed by atoms with Crippen LogP contribution in [-0.2, 0) is 11.2 Å². The summed E-state index contributed by atoms with van der Waals surface area (Å²) in [6.07, 6.45) is 6.35. The highest BCUT2D eigenvalue weighted by molar-refractivity contribution is 5.14. The summed E-state index contributed by atoms with van der Waals surface area (Å²) in [5, 5.41) is 9.93. The van der Waals surface area contributed by atoms with Gasteiger partial charge in [-0.1, -0.05) is 49.6 Å². The molecule has 0 bridgehead atoms. The Hall–Kier alpha value is -0.860. The minimum absolute atomic E-state index is 0.361. The van der Waals surface area contributed by atoms with Gasteiger partial charge >= 0.3 is 0 Å². The fourth-order valence-electron chi connectivity index (χ4n) is 2.50. The molecule has 94 valence electrons. The average molecular weight is 234 g/mol. The lowest BCUT2D eigenvalue weighted by Crippen LogP contribution is -2.26. The molecule has 0 saturated heterocycles. The van der Waals surface area contributed by atoms with Crippen molar-refractivity contribution in [3.05, 3.63) is 35.9 Å². The second-order valence-electron chi connectivity index (χ2n) is 4.90. The van der Waals surface area contributed by atoms with E-state index in [-0.39, 0.29) is 0 Å². The Bertz CT molecular complexity index is 304. The Morgan fingerprint density at radius 1 is 1.12 bits per heavy atom. The third-order valence-electron chi connectivity index (χ3n) is 3.58. The summed E-state index contributed by atoms with van der Waals surface area (Å²) in [4.78, 5) is 0. The van der Waals surface area contributed by atoms with Crippen LogP contribution in [0, 0.1) is 5.92 Å². The molecule has 1 aliphatic rings. The van der Waals surface area contributed by atoms with E-state index in [1.807, 2.05) is 18.2 Å². The van der Waals surface area contributed by atoms with E-state index in [1.54, 1.807) is 0 Å². The first-order chi connectivity index (χ1) is 8.36. The summed E-state index contributed by atoms with van der Waals surface area (Å²) < 4.78 is 5.54. The summed E-state index contributed by atoms with van der Waals surface area (Å²) in [5.41, 5.74) is 1.27. The maximum atomic E-state index is 9.93. The molecule has 1 aliphatic carbocycles. The molecular weight excluding hydrogens is 212 g/mol. The molecule has 1 fully saturated rings. The van der Waals surface area contributed by atoms with Crippen LogP contribution < -0.4 is 0 Å². The number of aliphatic hydroxyl groups is 1. The maximum absolute atomic E-state index is 9.93. The number of hydrogen-bond donors (Lipinski definition) is 1. The first-order valence-corrected chi connectivity index (χ1v) is 6.70. The van der Waals surface area contributed by atoms with Gasteiger partial charge in [0, 0.05) is 5.92 Å². The van der Waals surface area contributed by atoms with Crippen molar-refractivity contribution in [3.8, 4) is 0 Å². The summed E-state index contributed by atoms with van der Waals surface area (Å²) in [7, 11) is 0. The van der Waals surface area contributed by atoms with E-state index in [1.165, 1.54) is 24.8 Å². The van der Waals surface area contributed by atoms with Gasteiger partial charge in [0.25, 0.3) is 0 Å². The minimum atomic E-state index is -0.556. The zero-order valence-corrected chi connectivity index (χ0v) is 10.3. The Kier molecular flexibility index (Phi) is 5.02. The van der Waals surface area contributed by atoms with Crippen LogP contribution in [0.25, 0.3) is 0 Å². The van der Waals surface area contributed by atoms with Crippen LogP contribution in [0.2, 0.25) is 0 Å². The van der Waals surface area contributed by atoms with Gasteiger partial charge in [-0.2, -0.15) is 0 Å². The first-order valence-electron chi connectivity index (χ1n) is 6.70. The molecular formula is C15H22O2. The maximum Gasteiger partial charge on any atom is 0.157 e. The van der Waals surface area contributed by atoms with Crippen molar-refractivity contribution in [2.45, 2.75) is 44.8 Å². The zero-order chi connectivity index (χ0) is 11.9. The van der Waals surface area contributed by atoms with E-state index < -0.39 is 6.29 Å². The van der Waals surface area contributed by atoms with Crippen LogP contribution >= 0.6 is 0 Å². The van der Waals surface area contributed by atoms with Gasteiger partial charge in [-0.3, -0.25) is 0 Å². The van der Waals surface area contributed by atoms with Crippen LogP contribution in [0.4, 0.5) is 0 Å². The Morgan fingerprint density at radius 3 is 2.53 bits per heavy atom. The molecule has 2 rings (SSSR count). The Morgan fingerprint density at radius 2 is 1.82 bits per heavy atom. The molecule has 1 unspecified atom stereocenters. The molecule has 0 radical (unpaired) electrons. The van der Waals surface area contributed by atoms with Crippen LogP contribution in [0.3, 0.4) is 0 Å². The number of ether oxygens (including phenoxy) is 1. The highest BCUT2D eigenvalue weighted by atomic mass is 16.6. The summed E-state index contributed by atoms with van der Waals surface area (Å²) >= 11 is 0. The molecule has 1 aromatic carbocycles. The van der Waals surface area contributed by atoms with Gasteiger partial charge in [-0.25, -0.2) is 0 Å². The quantitative estimate of drug-likeness (QED) is 0.793. The van der Waals surface area contributed by atoms with Crippen molar-refractivity contribution in [3.63, 3.8) is 0 Å². The number of aliphatic hydroxyl groups excluding tert-OH is 1. The monoisotopic (exact) mass is 234 g/mol. The predicted molar refractivity (Wildman–Crippen MR) is 68.7 cm³/mol. The topological polar surface area (TPSA) is 29.5 Å². The van der Waals surface area contributed by atoms with E-state index in [4.69, 9.17) is 4.74 Å². The number of hydrogen-bond acceptors (Lipinski definition) is 2. The van der Waals surface area contributed by atoms with E-state index in [0.29, 0.717) is 12.5 Å². The molecule has 1 N–H and O–H groups in total. The zero-order valence-electron chi connectivity index (χ0n) is 10.3. The van der Waals surface area contributed by atoms with Crippen molar-refractivity contribution >= 4 is 0 Å². The van der Waals surface area contributed by atoms with Gasteiger partial charge in [-0.05, 0) is 24.8 Å². The highest BCUT2D eigenvalue weighted by Crippen LogP contribution is 2.26. The molecule has 0 spiro atoms. The van der Waals surface area contributed by atoms with Gasteiger partial charge in [0.15, 0.2) is 6.29 Å². The van der Waals surface area contributed by atoms with Gasteiger partial charge < -0.3 is 9.84 Å². The second-order valence-corrected chi connectivity index (χ2v) is 4.90. The fourth-order valence-corrected chi connectivity index (χ4v) is 2.50. The molecule has 0 aromatic heterocycles. The summed E-state index contributed by atoms with van der Waals surface area (Å²) in [6.45, 7) is 0.613. The second kappa shape index (κ2) is 6.77. The van der Waals surface area contributed by atoms with E-state index in [9.17, 15) is 5.11 Å². The first kappa shape index (κ1) is 12.6. The number of benzene rings is 1. The van der Waals surface area contributed by atoms with Crippen LogP contribution in [0.15, 0.2) is 30.3 Å². The molecule has 0 aliphatic heterocycles. The lowest BCUT2D eigenvalue weighted by molar-refractivity contribution is -0.139.